The van der Waals surface area contributed by atoms with Crippen molar-refractivity contribution < 1.29 is 9.16 Å². The van der Waals surface area contributed by atoms with Crippen molar-refractivity contribution in [3.05, 3.63) is 0 Å². The summed E-state index contributed by atoms with van der Waals surface area (Å²) < 4.78 is 10.3. The SMILES string of the molecule is CCCCOC(C)O[SiH3]. The van der Waals surface area contributed by atoms with E-state index in [-0.39, 0.29) is 6.29 Å². The zero-order valence-electron chi connectivity index (χ0n) is 6.52. The van der Waals surface area contributed by atoms with Crippen LogP contribution in [0.1, 0.15) is 26.7 Å². The number of hydrogen-bond acceptors (Lipinski definition) is 2. The van der Waals surface area contributed by atoms with Crippen molar-refractivity contribution in [2.75, 3.05) is 6.61 Å². The molecule has 0 aliphatic carbocycles. The van der Waals surface area contributed by atoms with Crippen molar-refractivity contribution in [3.8, 4) is 0 Å². The molecule has 0 aromatic heterocycles. The third-order valence-corrected chi connectivity index (χ3v) is 1.85. The van der Waals surface area contributed by atoms with E-state index < -0.39 is 0 Å². The number of ether oxygens (including phenoxy) is 1. The molecule has 0 N–H and O–H groups in total. The first-order chi connectivity index (χ1) is 4.31. The molecule has 0 rings (SSSR count). The molecule has 56 valence electrons. The van der Waals surface area contributed by atoms with Crippen LogP contribution in [0.2, 0.25) is 0 Å². The van der Waals surface area contributed by atoms with Crippen molar-refractivity contribution in [2.45, 2.75) is 33.0 Å². The van der Waals surface area contributed by atoms with Gasteiger partial charge < -0.3 is 9.16 Å². The van der Waals surface area contributed by atoms with Gasteiger partial charge in [-0.2, -0.15) is 0 Å². The van der Waals surface area contributed by atoms with E-state index in [1.165, 1.54) is 6.42 Å². The smallest absolute Gasteiger partial charge is 0.149 e. The molecule has 1 atom stereocenters. The second-order valence-electron chi connectivity index (χ2n) is 2.03. The maximum absolute atomic E-state index is 5.24. The molecule has 0 amide bonds. The Morgan fingerprint density at radius 1 is 1.56 bits per heavy atom. The maximum atomic E-state index is 5.24. The van der Waals surface area contributed by atoms with Crippen LogP contribution in [0.25, 0.3) is 0 Å². The molecule has 0 fully saturated rings. The summed E-state index contributed by atoms with van der Waals surface area (Å²) in [5.74, 6) is 0. The van der Waals surface area contributed by atoms with Crippen LogP contribution >= 0.6 is 0 Å². The van der Waals surface area contributed by atoms with Crippen LogP contribution in [0, 0.1) is 0 Å². The van der Waals surface area contributed by atoms with Crippen LogP contribution in [0.5, 0.6) is 0 Å². The fourth-order valence-electron chi connectivity index (χ4n) is 0.462. The lowest BCUT2D eigenvalue weighted by atomic mass is 10.4. The van der Waals surface area contributed by atoms with E-state index in [0.717, 1.165) is 23.5 Å². The molecule has 0 heterocycles. The first-order valence-electron chi connectivity index (χ1n) is 3.45. The van der Waals surface area contributed by atoms with Gasteiger partial charge in [0.15, 0.2) is 0 Å². The highest BCUT2D eigenvalue weighted by Gasteiger charge is 1.94. The monoisotopic (exact) mass is 148 g/mol. The summed E-state index contributed by atoms with van der Waals surface area (Å²) in [6, 6.07) is 0. The Balaban J connectivity index is 2.88. The molecule has 9 heavy (non-hydrogen) atoms. The van der Waals surface area contributed by atoms with E-state index in [4.69, 9.17) is 9.16 Å². The lowest BCUT2D eigenvalue weighted by Gasteiger charge is -2.09. The van der Waals surface area contributed by atoms with Gasteiger partial charge in [-0.05, 0) is 13.3 Å². The first-order valence-corrected chi connectivity index (χ1v) is 4.27. The Bertz CT molecular complexity index is 59.0. The molecular weight excluding hydrogens is 132 g/mol. The number of hydrogen-bond donors (Lipinski definition) is 0. The topological polar surface area (TPSA) is 18.5 Å². The quantitative estimate of drug-likeness (QED) is 0.320. The van der Waals surface area contributed by atoms with Gasteiger partial charge in [-0.3, -0.25) is 0 Å². The van der Waals surface area contributed by atoms with Crippen LogP contribution in [0.15, 0.2) is 0 Å². The van der Waals surface area contributed by atoms with Crippen molar-refractivity contribution in [2.24, 2.45) is 0 Å². The van der Waals surface area contributed by atoms with Crippen molar-refractivity contribution in [3.63, 3.8) is 0 Å². The molecule has 0 saturated carbocycles. The highest BCUT2D eigenvalue weighted by atomic mass is 28.2. The summed E-state index contributed by atoms with van der Waals surface area (Å²) >= 11 is 0. The predicted octanol–water partition coefficient (Wildman–Crippen LogP) is 0.446. The largest absolute Gasteiger partial charge is 0.404 e. The number of rotatable bonds is 5. The van der Waals surface area contributed by atoms with Gasteiger partial charge in [-0.25, -0.2) is 0 Å². The van der Waals surface area contributed by atoms with E-state index in [1.807, 2.05) is 6.92 Å². The molecule has 0 saturated heterocycles. The Labute approximate surface area is 60.1 Å². The molecule has 1 unspecified atom stereocenters. The molecule has 0 spiro atoms. The average molecular weight is 148 g/mol. The lowest BCUT2D eigenvalue weighted by Crippen LogP contribution is -2.11. The van der Waals surface area contributed by atoms with Crippen LogP contribution in [-0.4, -0.2) is 23.4 Å². The van der Waals surface area contributed by atoms with Gasteiger partial charge >= 0.3 is 0 Å². The fourth-order valence-corrected chi connectivity index (χ4v) is 0.598. The van der Waals surface area contributed by atoms with Gasteiger partial charge in [0.1, 0.15) is 16.8 Å². The second kappa shape index (κ2) is 6.26. The normalized spacial score (nSPS) is 14.0. The predicted molar refractivity (Wildman–Crippen MR) is 41.3 cm³/mol. The maximum Gasteiger partial charge on any atom is 0.149 e. The van der Waals surface area contributed by atoms with Gasteiger partial charge in [0.05, 0.1) is 0 Å². The summed E-state index contributed by atoms with van der Waals surface area (Å²) in [6.45, 7) is 4.91. The summed E-state index contributed by atoms with van der Waals surface area (Å²) in [5, 5.41) is 0. The molecule has 0 aliphatic rings. The van der Waals surface area contributed by atoms with E-state index in [9.17, 15) is 0 Å². The van der Waals surface area contributed by atoms with Crippen LogP contribution in [0.4, 0.5) is 0 Å². The van der Waals surface area contributed by atoms with E-state index in [1.54, 1.807) is 0 Å². The lowest BCUT2D eigenvalue weighted by molar-refractivity contribution is -0.0635. The second-order valence-corrected chi connectivity index (χ2v) is 2.50. The first kappa shape index (κ1) is 9.14. The minimum Gasteiger partial charge on any atom is -0.404 e. The van der Waals surface area contributed by atoms with Gasteiger partial charge in [-0.15, -0.1) is 0 Å². The van der Waals surface area contributed by atoms with E-state index >= 15 is 0 Å². The fraction of sp³-hybridized carbons (Fsp3) is 1.00. The Hall–Kier alpha value is 0.137. The van der Waals surface area contributed by atoms with Crippen molar-refractivity contribution in [1.82, 2.24) is 0 Å². The molecule has 0 aromatic carbocycles. The molecule has 0 radical (unpaired) electrons. The van der Waals surface area contributed by atoms with Crippen molar-refractivity contribution in [1.29, 1.82) is 0 Å². The standard InChI is InChI=1S/C6H16O2Si/c1-3-4-5-7-6(2)8-9/h6H,3-5H2,1-2,9H3. The van der Waals surface area contributed by atoms with Crippen LogP contribution in [0.3, 0.4) is 0 Å². The third-order valence-electron chi connectivity index (χ3n) is 1.18. The van der Waals surface area contributed by atoms with E-state index in [2.05, 4.69) is 6.92 Å². The Morgan fingerprint density at radius 2 is 2.22 bits per heavy atom. The summed E-state index contributed by atoms with van der Waals surface area (Å²) in [5.41, 5.74) is 0. The number of unbranched alkanes of at least 4 members (excludes halogenated alkanes) is 1. The van der Waals surface area contributed by atoms with Gasteiger partial charge in [0, 0.05) is 6.61 Å². The molecule has 0 aliphatic heterocycles. The Morgan fingerprint density at radius 3 is 2.67 bits per heavy atom. The minimum atomic E-state index is 0.0169. The molecule has 0 bridgehead atoms. The zero-order chi connectivity index (χ0) is 7.11. The molecule has 3 heteroatoms. The average Bonchev–Trinajstić information content (AvgIpc) is 1.89. The minimum absolute atomic E-state index is 0.0169. The zero-order valence-corrected chi connectivity index (χ0v) is 8.52. The van der Waals surface area contributed by atoms with Crippen LogP contribution in [-0.2, 0) is 9.16 Å². The van der Waals surface area contributed by atoms with Gasteiger partial charge in [0.25, 0.3) is 0 Å². The summed E-state index contributed by atoms with van der Waals surface area (Å²) in [4.78, 5) is 0. The highest BCUT2D eigenvalue weighted by Crippen LogP contribution is 1.93. The van der Waals surface area contributed by atoms with Gasteiger partial charge in [0.2, 0.25) is 0 Å². The molecular formula is C6H16O2Si. The van der Waals surface area contributed by atoms with Gasteiger partial charge in [-0.1, -0.05) is 13.3 Å². The highest BCUT2D eigenvalue weighted by molar-refractivity contribution is 5.98. The summed E-state index contributed by atoms with van der Waals surface area (Å²) in [6.07, 6.45) is 2.34. The van der Waals surface area contributed by atoms with Crippen molar-refractivity contribution >= 4 is 10.5 Å². The van der Waals surface area contributed by atoms with Crippen LogP contribution < -0.4 is 0 Å². The molecule has 0 aromatic rings. The van der Waals surface area contributed by atoms with E-state index in [0.29, 0.717) is 0 Å². The third kappa shape index (κ3) is 6.02. The Kier molecular flexibility index (Phi) is 6.35. The summed E-state index contributed by atoms with van der Waals surface area (Å²) in [7, 11) is 0.766. The molecule has 2 nitrogen and oxygen atoms in total.